The van der Waals surface area contributed by atoms with E-state index in [0.29, 0.717) is 6.54 Å². The van der Waals surface area contributed by atoms with Crippen LogP contribution >= 0.6 is 0 Å². The number of rotatable bonds is 2. The van der Waals surface area contributed by atoms with Crippen LogP contribution in [0.15, 0.2) is 17.3 Å². The normalized spacial score (nSPS) is 16.0. The fraction of sp³-hybridized carbons (Fsp3) is 0.250. The smallest absolute Gasteiger partial charge is 0.400 e. The van der Waals surface area contributed by atoms with Crippen LogP contribution in [0.4, 0.5) is 0 Å². The summed E-state index contributed by atoms with van der Waals surface area (Å²) in [4.78, 5) is 3.68. The average molecular weight is 142 g/mol. The molecule has 0 aromatic carbocycles. The molecule has 54 valence electrons. The molecule has 0 amide bonds. The van der Waals surface area contributed by atoms with Crippen LogP contribution in [0.5, 0.6) is 0 Å². The fourth-order valence-electron chi connectivity index (χ4n) is 0.563. The average Bonchev–Trinajstić information content (AvgIpc) is 1.88. The quantitative estimate of drug-likeness (QED) is 0.472. The van der Waals surface area contributed by atoms with Crippen LogP contribution in [0.25, 0.3) is 0 Å². The number of hydroxylamine groups is 2. The Labute approximate surface area is 58.4 Å². The van der Waals surface area contributed by atoms with Crippen molar-refractivity contribution in [2.45, 2.75) is 0 Å². The molecule has 2 N–H and O–H groups in total. The zero-order valence-corrected chi connectivity index (χ0v) is 5.21. The topological polar surface area (TPSA) is 65.3 Å². The Balaban J connectivity index is 2.30. The Morgan fingerprint density at radius 3 is 2.90 bits per heavy atom. The van der Waals surface area contributed by atoms with Gasteiger partial charge in [-0.25, -0.2) is 4.99 Å². The van der Waals surface area contributed by atoms with E-state index in [9.17, 15) is 0 Å². The molecule has 0 atom stereocenters. The summed E-state index contributed by atoms with van der Waals surface area (Å²) in [6.07, 6.45) is 4.69. The van der Waals surface area contributed by atoms with Gasteiger partial charge in [-0.3, -0.25) is 9.82 Å². The van der Waals surface area contributed by atoms with E-state index in [-0.39, 0.29) is 0 Å². The fourth-order valence-corrected chi connectivity index (χ4v) is 0.563. The largest absolute Gasteiger partial charge is 0.656 e. The first-order valence-corrected chi connectivity index (χ1v) is 2.77. The van der Waals surface area contributed by atoms with Crippen LogP contribution in [-0.2, 0) is 4.76 Å². The lowest BCUT2D eigenvalue weighted by Crippen LogP contribution is -2.32. The van der Waals surface area contributed by atoms with Crippen LogP contribution in [0.2, 0.25) is 0 Å². The molecule has 0 aromatic rings. The highest BCUT2D eigenvalue weighted by Crippen LogP contribution is 1.93. The number of nitrogens with zero attached hydrogens (tertiary/aromatic N) is 2. The van der Waals surface area contributed by atoms with Gasteiger partial charge in [-0.2, -0.15) is 0 Å². The molecule has 6 heteroatoms. The molecule has 0 saturated carbocycles. The third-order valence-corrected chi connectivity index (χ3v) is 0.902. The van der Waals surface area contributed by atoms with E-state index in [2.05, 4.69) is 9.75 Å². The molecule has 1 aliphatic heterocycles. The first kappa shape index (κ1) is 7.26. The van der Waals surface area contributed by atoms with Crippen molar-refractivity contribution in [3.8, 4) is 0 Å². The number of aliphatic imine (C=N–C) groups is 1. The van der Waals surface area contributed by atoms with Crippen molar-refractivity contribution in [2.75, 3.05) is 6.54 Å². The molecule has 0 fully saturated rings. The van der Waals surface area contributed by atoms with Gasteiger partial charge in [0.15, 0.2) is 0 Å². The number of hydrogen-bond acceptors (Lipinski definition) is 5. The zero-order chi connectivity index (χ0) is 7.40. The van der Waals surface area contributed by atoms with Crippen molar-refractivity contribution in [3.05, 3.63) is 12.3 Å². The summed E-state index contributed by atoms with van der Waals surface area (Å²) in [5.74, 6) is 0. The molecule has 0 aliphatic carbocycles. The Hall–Kier alpha value is -0.845. The first-order chi connectivity index (χ1) is 4.79. The van der Waals surface area contributed by atoms with E-state index in [0.717, 1.165) is 0 Å². The van der Waals surface area contributed by atoms with Crippen LogP contribution < -0.4 is 0 Å². The third-order valence-electron chi connectivity index (χ3n) is 0.902. The molecule has 1 aliphatic rings. The molecule has 1 heterocycles. The van der Waals surface area contributed by atoms with E-state index >= 15 is 0 Å². The predicted octanol–water partition coefficient (Wildman–Crippen LogP) is -1.25. The second kappa shape index (κ2) is 3.36. The van der Waals surface area contributed by atoms with Gasteiger partial charge in [0.25, 0.3) is 0 Å². The van der Waals surface area contributed by atoms with Crippen LogP contribution in [0.3, 0.4) is 0 Å². The first-order valence-electron chi connectivity index (χ1n) is 2.77. The van der Waals surface area contributed by atoms with Crippen molar-refractivity contribution >= 4 is 13.7 Å². The number of hydrogen-bond donors (Lipinski definition) is 2. The highest BCUT2D eigenvalue weighted by molar-refractivity contribution is 6.32. The van der Waals surface area contributed by atoms with Crippen molar-refractivity contribution in [1.82, 2.24) is 5.06 Å². The van der Waals surface area contributed by atoms with Gasteiger partial charge in [0.05, 0.1) is 6.54 Å². The molecule has 5 nitrogen and oxygen atoms in total. The lowest BCUT2D eigenvalue weighted by Gasteiger charge is -2.17. The Bertz CT molecular complexity index is 159. The maximum absolute atomic E-state index is 8.31. The maximum Gasteiger partial charge on any atom is 0.656 e. The van der Waals surface area contributed by atoms with Gasteiger partial charge in [-0.15, -0.1) is 0 Å². The summed E-state index contributed by atoms with van der Waals surface area (Å²) in [5, 5.41) is 17.8. The van der Waals surface area contributed by atoms with Gasteiger partial charge in [0.2, 0.25) is 0 Å². The lowest BCUT2D eigenvalue weighted by molar-refractivity contribution is -0.0157. The van der Waals surface area contributed by atoms with Crippen LogP contribution in [-0.4, -0.2) is 35.3 Å². The molecule has 0 unspecified atom stereocenters. The predicted molar refractivity (Wildman–Crippen MR) is 35.6 cm³/mol. The molecular formula is C4H7BN2O3. The summed E-state index contributed by atoms with van der Waals surface area (Å²) in [7, 11) is -1.78. The van der Waals surface area contributed by atoms with E-state index in [1.165, 1.54) is 11.4 Å². The van der Waals surface area contributed by atoms with Crippen LogP contribution in [0, 0.1) is 0 Å². The Morgan fingerprint density at radius 1 is 1.60 bits per heavy atom. The van der Waals surface area contributed by atoms with E-state index < -0.39 is 7.32 Å². The third kappa shape index (κ3) is 2.18. The molecule has 0 bridgehead atoms. The molecular weight excluding hydrogens is 135 g/mol. The van der Waals surface area contributed by atoms with Gasteiger partial charge < -0.3 is 10.0 Å². The van der Waals surface area contributed by atoms with E-state index in [4.69, 9.17) is 10.0 Å². The SMILES string of the molecule is OB(O)ON1C=NC=CC1. The van der Waals surface area contributed by atoms with Gasteiger partial charge in [0.1, 0.15) is 6.34 Å². The Morgan fingerprint density at radius 2 is 2.40 bits per heavy atom. The molecule has 0 radical (unpaired) electrons. The monoisotopic (exact) mass is 142 g/mol. The van der Waals surface area contributed by atoms with Crippen molar-refractivity contribution in [1.29, 1.82) is 0 Å². The molecule has 10 heavy (non-hydrogen) atoms. The molecule has 1 rings (SSSR count). The van der Waals surface area contributed by atoms with Gasteiger partial charge in [-0.1, -0.05) is 0 Å². The standard InChI is InChI=1S/C4H7BN2O3/c8-5(9)10-7-3-1-2-6-4-7/h1-2,4,8-9H,3H2. The maximum atomic E-state index is 8.31. The molecule has 0 spiro atoms. The van der Waals surface area contributed by atoms with Crippen LogP contribution in [0.1, 0.15) is 0 Å². The minimum Gasteiger partial charge on any atom is -0.400 e. The minimum absolute atomic E-state index is 0.473. The minimum atomic E-state index is -1.78. The van der Waals surface area contributed by atoms with E-state index in [1.807, 2.05) is 0 Å². The second-order valence-corrected chi connectivity index (χ2v) is 1.68. The summed E-state index contributed by atoms with van der Waals surface area (Å²) < 4.78 is 4.43. The van der Waals surface area contributed by atoms with Gasteiger partial charge >= 0.3 is 7.32 Å². The van der Waals surface area contributed by atoms with Crippen molar-refractivity contribution in [3.63, 3.8) is 0 Å². The summed E-state index contributed by atoms with van der Waals surface area (Å²) in [6.45, 7) is 0.473. The van der Waals surface area contributed by atoms with Crippen molar-refractivity contribution in [2.24, 2.45) is 4.99 Å². The van der Waals surface area contributed by atoms with Gasteiger partial charge in [0, 0.05) is 6.20 Å². The second-order valence-electron chi connectivity index (χ2n) is 1.68. The molecule has 0 saturated heterocycles. The summed E-state index contributed by atoms with van der Waals surface area (Å²) in [5.41, 5.74) is 0. The zero-order valence-electron chi connectivity index (χ0n) is 5.21. The highest BCUT2D eigenvalue weighted by atomic mass is 16.7. The summed E-state index contributed by atoms with van der Waals surface area (Å²) >= 11 is 0. The summed E-state index contributed by atoms with van der Waals surface area (Å²) in [6, 6.07) is 0. The van der Waals surface area contributed by atoms with Crippen molar-refractivity contribution < 1.29 is 14.8 Å². The molecule has 0 aromatic heterocycles. The highest BCUT2D eigenvalue weighted by Gasteiger charge is 2.13. The lowest BCUT2D eigenvalue weighted by atomic mass is 10.3. The Kier molecular flexibility index (Phi) is 2.44. The van der Waals surface area contributed by atoms with E-state index in [1.54, 1.807) is 12.3 Å². The van der Waals surface area contributed by atoms with Gasteiger partial charge in [-0.05, 0) is 6.08 Å².